The van der Waals surface area contributed by atoms with E-state index in [2.05, 4.69) is 0 Å². The Labute approximate surface area is 191 Å². The van der Waals surface area contributed by atoms with Gasteiger partial charge >= 0.3 is 0 Å². The lowest BCUT2D eigenvalue weighted by atomic mass is 10.1. The van der Waals surface area contributed by atoms with Gasteiger partial charge < -0.3 is 18.9 Å². The van der Waals surface area contributed by atoms with Crippen LogP contribution in [0.5, 0.6) is 17.2 Å². The van der Waals surface area contributed by atoms with Crippen LogP contribution in [-0.2, 0) is 9.53 Å². The monoisotopic (exact) mass is 452 g/mol. The van der Waals surface area contributed by atoms with Crippen molar-refractivity contribution in [3.63, 3.8) is 0 Å². The predicted molar refractivity (Wildman–Crippen MR) is 124 cm³/mol. The third-order valence-electron chi connectivity index (χ3n) is 5.37. The molecule has 0 bridgehead atoms. The first-order chi connectivity index (χ1) is 15.7. The molecule has 32 heavy (non-hydrogen) atoms. The van der Waals surface area contributed by atoms with Gasteiger partial charge in [0.2, 0.25) is 6.79 Å². The lowest BCUT2D eigenvalue weighted by Gasteiger charge is -2.19. The van der Waals surface area contributed by atoms with Gasteiger partial charge in [-0.2, -0.15) is 0 Å². The minimum Gasteiger partial charge on any atom is -0.493 e. The highest BCUT2D eigenvalue weighted by molar-refractivity contribution is 8.18. The number of carbonyl (C=O) groups is 1. The second-order valence-electron chi connectivity index (χ2n) is 7.57. The smallest absolute Gasteiger partial charge is 0.266 e. The fraction of sp³-hybridized carbons (Fsp3) is 0.333. The molecule has 0 spiro atoms. The molecule has 0 aromatic heterocycles. The summed E-state index contributed by atoms with van der Waals surface area (Å²) in [5, 5.41) is 0.654. The molecule has 0 radical (unpaired) electrons. The Morgan fingerprint density at radius 1 is 1.22 bits per heavy atom. The van der Waals surface area contributed by atoms with E-state index in [1.54, 1.807) is 4.90 Å². The minimum absolute atomic E-state index is 0.0319. The molecular formula is C24H24N2O5S. The van der Waals surface area contributed by atoms with Crippen LogP contribution in [0.4, 0.5) is 5.69 Å². The standard InChI is InChI=1S/C24H24N2O5S/c1-2-28-19-13-21-20(30-15-31-21)11-16(19)12-22-23(27)26(14-18-9-6-10-29-18)24(32-22)25-17-7-4-3-5-8-17/h3-5,7-8,11-13,18H,2,6,9-10,14-15H2,1H3/b22-12-,25-24?/t18-/m1/s1. The van der Waals surface area contributed by atoms with Crippen LogP contribution in [0.25, 0.3) is 6.08 Å². The Kier molecular flexibility index (Phi) is 6.05. The average molecular weight is 453 g/mol. The molecule has 5 rings (SSSR count). The van der Waals surface area contributed by atoms with E-state index in [9.17, 15) is 4.79 Å². The van der Waals surface area contributed by atoms with E-state index in [0.29, 0.717) is 40.5 Å². The topological polar surface area (TPSA) is 69.6 Å². The maximum Gasteiger partial charge on any atom is 0.266 e. The van der Waals surface area contributed by atoms with E-state index in [1.165, 1.54) is 11.8 Å². The fourth-order valence-electron chi connectivity index (χ4n) is 3.83. The van der Waals surface area contributed by atoms with E-state index < -0.39 is 0 Å². The van der Waals surface area contributed by atoms with Crippen molar-refractivity contribution >= 4 is 34.6 Å². The number of hydrogen-bond acceptors (Lipinski definition) is 7. The molecule has 0 saturated carbocycles. The number of thioether (sulfide) groups is 1. The number of ether oxygens (including phenoxy) is 4. The quantitative estimate of drug-likeness (QED) is 0.597. The van der Waals surface area contributed by atoms with Crippen LogP contribution in [-0.4, -0.2) is 48.6 Å². The number of amidine groups is 1. The highest BCUT2D eigenvalue weighted by Crippen LogP contribution is 2.41. The molecule has 8 heteroatoms. The van der Waals surface area contributed by atoms with E-state index in [1.807, 2.05) is 55.5 Å². The molecule has 1 amide bonds. The van der Waals surface area contributed by atoms with Gasteiger partial charge in [-0.25, -0.2) is 4.99 Å². The summed E-state index contributed by atoms with van der Waals surface area (Å²) in [5.41, 5.74) is 1.57. The fourth-order valence-corrected chi connectivity index (χ4v) is 4.83. The molecule has 7 nitrogen and oxygen atoms in total. The van der Waals surface area contributed by atoms with Crippen molar-refractivity contribution < 1.29 is 23.7 Å². The van der Waals surface area contributed by atoms with Crippen LogP contribution in [0.1, 0.15) is 25.3 Å². The zero-order chi connectivity index (χ0) is 21.9. The summed E-state index contributed by atoms with van der Waals surface area (Å²) in [6, 6.07) is 13.3. The molecule has 2 saturated heterocycles. The molecule has 166 valence electrons. The first-order valence-electron chi connectivity index (χ1n) is 10.7. The van der Waals surface area contributed by atoms with Crippen molar-refractivity contribution in [2.45, 2.75) is 25.9 Å². The summed E-state index contributed by atoms with van der Waals surface area (Å²) in [4.78, 5) is 20.5. The number of carbonyl (C=O) groups excluding carboxylic acids is 1. The number of aliphatic imine (C=N–C) groups is 1. The van der Waals surface area contributed by atoms with Gasteiger partial charge in [0.05, 0.1) is 29.8 Å². The maximum atomic E-state index is 13.4. The number of para-hydroxylation sites is 1. The summed E-state index contributed by atoms with van der Waals surface area (Å²) in [7, 11) is 0. The Morgan fingerprint density at radius 3 is 2.78 bits per heavy atom. The van der Waals surface area contributed by atoms with Gasteiger partial charge in [0.25, 0.3) is 5.91 Å². The Hall–Kier alpha value is -2.97. The number of nitrogens with zero attached hydrogens (tertiary/aromatic N) is 2. The van der Waals surface area contributed by atoms with E-state index in [4.69, 9.17) is 23.9 Å². The Morgan fingerprint density at radius 2 is 2.03 bits per heavy atom. The van der Waals surface area contributed by atoms with Crippen LogP contribution in [0.2, 0.25) is 0 Å². The Bertz CT molecular complexity index is 1060. The van der Waals surface area contributed by atoms with Crippen LogP contribution in [0.15, 0.2) is 52.4 Å². The summed E-state index contributed by atoms with van der Waals surface area (Å²) in [6.07, 6.45) is 3.84. The first kappa shape index (κ1) is 20.9. The second kappa shape index (κ2) is 9.26. The third kappa shape index (κ3) is 4.33. The summed E-state index contributed by atoms with van der Waals surface area (Å²) in [6.45, 7) is 3.84. The van der Waals surface area contributed by atoms with E-state index in [-0.39, 0.29) is 18.8 Å². The normalized spacial score (nSPS) is 22.3. The molecule has 2 fully saturated rings. The van der Waals surface area contributed by atoms with Gasteiger partial charge in [0.15, 0.2) is 16.7 Å². The van der Waals surface area contributed by atoms with Gasteiger partial charge in [0, 0.05) is 18.2 Å². The molecule has 0 unspecified atom stereocenters. The molecule has 3 aliphatic heterocycles. The number of rotatable bonds is 6. The second-order valence-corrected chi connectivity index (χ2v) is 8.58. The van der Waals surface area contributed by atoms with Gasteiger partial charge in [-0.3, -0.25) is 9.69 Å². The highest BCUT2D eigenvalue weighted by atomic mass is 32.2. The zero-order valence-corrected chi connectivity index (χ0v) is 18.6. The minimum atomic E-state index is -0.0831. The van der Waals surface area contributed by atoms with Crippen LogP contribution < -0.4 is 14.2 Å². The predicted octanol–water partition coefficient (Wildman–Crippen LogP) is 4.60. The van der Waals surface area contributed by atoms with Crippen molar-refractivity contribution in [2.75, 3.05) is 26.6 Å². The van der Waals surface area contributed by atoms with Gasteiger partial charge in [-0.1, -0.05) is 18.2 Å². The lowest BCUT2D eigenvalue weighted by molar-refractivity contribution is -0.123. The molecule has 1 atom stereocenters. The number of amides is 1. The van der Waals surface area contributed by atoms with Crippen molar-refractivity contribution in [2.24, 2.45) is 4.99 Å². The molecule has 2 aromatic carbocycles. The van der Waals surface area contributed by atoms with Crippen molar-refractivity contribution in [1.29, 1.82) is 0 Å². The number of fused-ring (bicyclic) bond motifs is 1. The maximum absolute atomic E-state index is 13.4. The van der Waals surface area contributed by atoms with Crippen molar-refractivity contribution in [3.8, 4) is 17.2 Å². The molecular weight excluding hydrogens is 428 g/mol. The molecule has 0 N–H and O–H groups in total. The number of hydrogen-bond donors (Lipinski definition) is 0. The van der Waals surface area contributed by atoms with Crippen LogP contribution >= 0.6 is 11.8 Å². The molecule has 0 aliphatic carbocycles. The van der Waals surface area contributed by atoms with Crippen LogP contribution in [0, 0.1) is 0 Å². The lowest BCUT2D eigenvalue weighted by Crippen LogP contribution is -2.36. The SMILES string of the molecule is CCOc1cc2c(cc1/C=C1\SC(=Nc3ccccc3)N(C[C@H]3CCCO3)C1=O)OCO2. The average Bonchev–Trinajstić information content (AvgIpc) is 3.53. The summed E-state index contributed by atoms with van der Waals surface area (Å²) < 4.78 is 22.6. The largest absolute Gasteiger partial charge is 0.493 e. The first-order valence-corrected chi connectivity index (χ1v) is 11.6. The third-order valence-corrected chi connectivity index (χ3v) is 6.38. The molecule has 3 heterocycles. The summed E-state index contributed by atoms with van der Waals surface area (Å²) in [5.74, 6) is 1.86. The van der Waals surface area contributed by atoms with E-state index >= 15 is 0 Å². The molecule has 2 aromatic rings. The number of benzene rings is 2. The van der Waals surface area contributed by atoms with Gasteiger partial charge in [-0.05, 0) is 55.8 Å². The van der Waals surface area contributed by atoms with Gasteiger partial charge in [-0.15, -0.1) is 0 Å². The van der Waals surface area contributed by atoms with Crippen molar-refractivity contribution in [1.82, 2.24) is 4.90 Å². The molecule has 3 aliphatic rings. The van der Waals surface area contributed by atoms with Crippen molar-refractivity contribution in [3.05, 3.63) is 52.9 Å². The van der Waals surface area contributed by atoms with Gasteiger partial charge in [0.1, 0.15) is 5.75 Å². The summed E-state index contributed by atoms with van der Waals surface area (Å²) >= 11 is 1.36. The Balaban J connectivity index is 1.50. The highest BCUT2D eigenvalue weighted by Gasteiger charge is 2.36. The zero-order valence-electron chi connectivity index (χ0n) is 17.8. The van der Waals surface area contributed by atoms with Crippen LogP contribution in [0.3, 0.4) is 0 Å². The van der Waals surface area contributed by atoms with E-state index in [0.717, 1.165) is 30.7 Å².